The third-order valence-corrected chi connectivity index (χ3v) is 5.82. The van der Waals surface area contributed by atoms with E-state index in [2.05, 4.69) is 4.74 Å². The van der Waals surface area contributed by atoms with Crippen molar-refractivity contribution in [3.8, 4) is 5.75 Å². The van der Waals surface area contributed by atoms with Crippen LogP contribution in [0.25, 0.3) is 0 Å². The van der Waals surface area contributed by atoms with E-state index in [0.29, 0.717) is 16.7 Å². The Bertz CT molecular complexity index is 930. The van der Waals surface area contributed by atoms with Crippen LogP contribution in [0.5, 0.6) is 5.75 Å². The molecule has 0 radical (unpaired) electrons. The minimum absolute atomic E-state index is 0.207. The number of fused-ring (bicyclic) bond motifs is 1. The fourth-order valence-electron chi connectivity index (χ4n) is 2.99. The second kappa shape index (κ2) is 7.05. The molecule has 28 heavy (non-hydrogen) atoms. The molecule has 0 saturated carbocycles. The zero-order valence-corrected chi connectivity index (χ0v) is 16.0. The fourth-order valence-corrected chi connectivity index (χ4v) is 4.19. The Balaban J connectivity index is 2.26. The first kappa shape index (κ1) is 20.1. The van der Waals surface area contributed by atoms with Crippen molar-refractivity contribution in [3.05, 3.63) is 53.6 Å². The Morgan fingerprint density at radius 3 is 2.29 bits per heavy atom. The number of hydrogen-bond donors (Lipinski definition) is 0. The number of carbonyl (C=O) groups is 2. The number of hydrogen-bond acceptors (Lipinski definition) is 5. The van der Waals surface area contributed by atoms with Gasteiger partial charge < -0.3 is 9.47 Å². The van der Waals surface area contributed by atoms with Crippen molar-refractivity contribution < 1.29 is 32.2 Å². The number of anilines is 1. The summed E-state index contributed by atoms with van der Waals surface area (Å²) in [5.41, 5.74) is 0.305. The predicted octanol–water partition coefficient (Wildman–Crippen LogP) is 4.67. The van der Waals surface area contributed by atoms with E-state index >= 15 is 0 Å². The van der Waals surface area contributed by atoms with E-state index in [1.807, 2.05) is 0 Å². The molecular weight excluding hydrogens is 395 g/mol. The molecule has 0 aliphatic carbocycles. The first-order chi connectivity index (χ1) is 13.2. The number of methoxy groups -OCH3 is 2. The van der Waals surface area contributed by atoms with Crippen LogP contribution in [0.2, 0.25) is 0 Å². The molecule has 1 atom stereocenters. The van der Waals surface area contributed by atoms with Crippen LogP contribution >= 0.6 is 11.8 Å². The average molecular weight is 411 g/mol. The third kappa shape index (κ3) is 2.99. The summed E-state index contributed by atoms with van der Waals surface area (Å²) in [5, 5.41) is 0. The van der Waals surface area contributed by atoms with Crippen molar-refractivity contribution in [2.24, 2.45) is 0 Å². The van der Waals surface area contributed by atoms with Crippen molar-refractivity contribution >= 4 is 29.4 Å². The van der Waals surface area contributed by atoms with Crippen LogP contribution < -0.4 is 9.64 Å². The van der Waals surface area contributed by atoms with Crippen molar-refractivity contribution in [3.63, 3.8) is 0 Å². The average Bonchev–Trinajstić information content (AvgIpc) is 2.91. The molecule has 3 rings (SSSR count). The maximum absolute atomic E-state index is 14.4. The molecule has 2 aromatic rings. The quantitative estimate of drug-likeness (QED) is 0.735. The second-order valence-corrected chi connectivity index (χ2v) is 7.38. The van der Waals surface area contributed by atoms with Gasteiger partial charge in [0, 0.05) is 16.5 Å². The lowest BCUT2D eigenvalue weighted by molar-refractivity contribution is -0.169. The lowest BCUT2D eigenvalue weighted by Crippen LogP contribution is -2.49. The topological polar surface area (TPSA) is 55.8 Å². The number of amides is 2. The zero-order chi connectivity index (χ0) is 20.7. The minimum Gasteiger partial charge on any atom is -0.497 e. The lowest BCUT2D eigenvalue weighted by atomic mass is 9.99. The van der Waals surface area contributed by atoms with E-state index in [9.17, 15) is 22.8 Å². The Labute approximate surface area is 163 Å². The molecule has 0 spiro atoms. The van der Waals surface area contributed by atoms with Gasteiger partial charge in [0.2, 0.25) is 4.75 Å². The Morgan fingerprint density at radius 1 is 1.11 bits per heavy atom. The highest BCUT2D eigenvalue weighted by atomic mass is 32.2. The molecule has 0 saturated heterocycles. The van der Waals surface area contributed by atoms with E-state index in [4.69, 9.17) is 4.74 Å². The molecule has 2 amide bonds. The summed E-state index contributed by atoms with van der Waals surface area (Å²) in [4.78, 5) is 25.9. The summed E-state index contributed by atoms with van der Waals surface area (Å²) in [5.74, 6) is -1.22. The molecule has 0 aromatic heterocycles. The summed E-state index contributed by atoms with van der Waals surface area (Å²) in [6.45, 7) is 1.80. The van der Waals surface area contributed by atoms with Crippen LogP contribution in [0.3, 0.4) is 0 Å². The summed E-state index contributed by atoms with van der Waals surface area (Å²) in [6, 6.07) is 10.0. The van der Waals surface area contributed by atoms with Gasteiger partial charge in [-0.25, -0.2) is 9.69 Å². The predicted molar refractivity (Wildman–Crippen MR) is 97.7 cm³/mol. The number of thioether (sulfide) groups is 1. The number of aryl methyl sites for hydroxylation is 1. The van der Waals surface area contributed by atoms with Gasteiger partial charge in [0.25, 0.3) is 5.91 Å². The van der Waals surface area contributed by atoms with Gasteiger partial charge in [-0.15, -0.1) is 0 Å². The Hall–Kier alpha value is -2.68. The van der Waals surface area contributed by atoms with Gasteiger partial charge in [-0.2, -0.15) is 13.2 Å². The van der Waals surface area contributed by atoms with Crippen LogP contribution in [0.4, 0.5) is 23.7 Å². The molecule has 148 valence electrons. The molecule has 0 bridgehead atoms. The van der Waals surface area contributed by atoms with Crippen molar-refractivity contribution in [2.75, 3.05) is 19.1 Å². The van der Waals surface area contributed by atoms with E-state index in [-0.39, 0.29) is 21.9 Å². The van der Waals surface area contributed by atoms with Gasteiger partial charge in [-0.3, -0.25) is 4.79 Å². The summed E-state index contributed by atoms with van der Waals surface area (Å²) in [6.07, 6.45) is -6.18. The highest BCUT2D eigenvalue weighted by molar-refractivity contribution is 8.01. The minimum atomic E-state index is -4.98. The van der Waals surface area contributed by atoms with Crippen molar-refractivity contribution in [1.29, 1.82) is 0 Å². The lowest BCUT2D eigenvalue weighted by Gasteiger charge is -2.30. The van der Waals surface area contributed by atoms with E-state index in [0.717, 1.165) is 18.7 Å². The monoisotopic (exact) mass is 411 g/mol. The maximum atomic E-state index is 14.4. The molecule has 1 heterocycles. The molecule has 1 aliphatic rings. The number of alkyl halides is 3. The van der Waals surface area contributed by atoms with Gasteiger partial charge >= 0.3 is 12.3 Å². The van der Waals surface area contributed by atoms with Crippen LogP contribution in [0, 0.1) is 6.92 Å². The number of halogens is 3. The van der Waals surface area contributed by atoms with E-state index in [1.54, 1.807) is 19.1 Å². The fraction of sp³-hybridized carbons (Fsp3) is 0.263. The van der Waals surface area contributed by atoms with Gasteiger partial charge in [0.1, 0.15) is 5.75 Å². The molecule has 1 aliphatic heterocycles. The molecule has 9 heteroatoms. The Morgan fingerprint density at radius 2 is 1.75 bits per heavy atom. The van der Waals surface area contributed by atoms with Gasteiger partial charge in [0.05, 0.1) is 19.9 Å². The summed E-state index contributed by atoms with van der Waals surface area (Å²) in [7, 11) is 2.33. The number of imide groups is 1. The zero-order valence-electron chi connectivity index (χ0n) is 15.2. The first-order valence-corrected chi connectivity index (χ1v) is 8.90. The second-order valence-electron chi connectivity index (χ2n) is 6.09. The van der Waals surface area contributed by atoms with Crippen molar-refractivity contribution in [1.82, 2.24) is 0 Å². The number of carbonyl (C=O) groups excluding carboxylic acids is 2. The highest BCUT2D eigenvalue weighted by Gasteiger charge is 2.69. The molecule has 0 N–H and O–H groups in total. The SMILES string of the molecule is COC(=O)N1C(=O)[C@@](Sc2ccc(C)cc2)(C(F)(F)F)c2ccc(OC)cc21. The molecule has 0 unspecified atom stereocenters. The van der Waals surface area contributed by atoms with Gasteiger partial charge in [0.15, 0.2) is 0 Å². The summed E-state index contributed by atoms with van der Waals surface area (Å²) < 4.78 is 49.8. The summed E-state index contributed by atoms with van der Waals surface area (Å²) >= 11 is 0.345. The van der Waals surface area contributed by atoms with Crippen LogP contribution in [0.15, 0.2) is 47.4 Å². The third-order valence-electron chi connectivity index (χ3n) is 4.38. The normalized spacial score (nSPS) is 18.8. The maximum Gasteiger partial charge on any atom is 0.421 e. The number of rotatable bonds is 3. The van der Waals surface area contributed by atoms with Gasteiger partial charge in [-0.05, 0) is 25.1 Å². The number of benzene rings is 2. The largest absolute Gasteiger partial charge is 0.497 e. The number of ether oxygens (including phenoxy) is 2. The molecule has 2 aromatic carbocycles. The smallest absolute Gasteiger partial charge is 0.421 e. The Kier molecular flexibility index (Phi) is 5.05. The van der Waals surface area contributed by atoms with Crippen molar-refractivity contribution in [2.45, 2.75) is 22.7 Å². The van der Waals surface area contributed by atoms with E-state index < -0.39 is 22.9 Å². The molecule has 5 nitrogen and oxygen atoms in total. The van der Waals surface area contributed by atoms with Crippen LogP contribution in [-0.2, 0) is 14.3 Å². The van der Waals surface area contributed by atoms with Gasteiger partial charge in [-0.1, -0.05) is 35.5 Å². The molecular formula is C19H16F3NO4S. The van der Waals surface area contributed by atoms with Crippen LogP contribution in [-0.4, -0.2) is 32.4 Å². The number of nitrogens with zero attached hydrogens (tertiary/aromatic N) is 1. The highest BCUT2D eigenvalue weighted by Crippen LogP contribution is 2.60. The molecule has 0 fully saturated rings. The first-order valence-electron chi connectivity index (χ1n) is 8.09. The van der Waals surface area contributed by atoms with E-state index in [1.165, 1.54) is 31.4 Å². The van der Waals surface area contributed by atoms with Crippen LogP contribution in [0.1, 0.15) is 11.1 Å². The standard InChI is InChI=1S/C19H16F3NO4S/c1-11-4-7-13(8-5-11)28-18(19(20,21)22)14-9-6-12(26-2)10-15(14)23(16(18)24)17(25)27-3/h4-10H,1-3H3/t18-/m1/s1.